The molecule has 2 rings (SSSR count). The monoisotopic (exact) mass is 361 g/mol. The Bertz CT molecular complexity index is 738. The van der Waals surface area contributed by atoms with Gasteiger partial charge in [-0.1, -0.05) is 0 Å². The zero-order valence-electron chi connectivity index (χ0n) is 13.1. The van der Waals surface area contributed by atoms with Crippen LogP contribution in [-0.2, 0) is 11.0 Å². The molecule has 0 aliphatic carbocycles. The summed E-state index contributed by atoms with van der Waals surface area (Å²) in [5, 5.41) is 5.63. The quantitative estimate of drug-likeness (QED) is 0.796. The van der Waals surface area contributed by atoms with E-state index in [0.717, 1.165) is 16.6 Å². The molecule has 0 radical (unpaired) electrons. The second kappa shape index (κ2) is 6.76. The Morgan fingerprint density at radius 3 is 2.50 bits per heavy atom. The van der Waals surface area contributed by atoms with Gasteiger partial charge in [0.25, 0.3) is 0 Å². The third-order valence-electron chi connectivity index (χ3n) is 3.31. The van der Waals surface area contributed by atoms with Gasteiger partial charge in [-0.05, 0) is 39.0 Å². The maximum absolute atomic E-state index is 13.3. The number of nitrogens with zero attached hydrogens (tertiary/aromatic N) is 1. The lowest BCUT2D eigenvalue weighted by molar-refractivity contribution is -0.139. The first-order chi connectivity index (χ1) is 11.1. The van der Waals surface area contributed by atoms with Crippen molar-refractivity contribution in [3.63, 3.8) is 0 Å². The van der Waals surface area contributed by atoms with Crippen molar-refractivity contribution in [2.75, 3.05) is 10.6 Å². The van der Waals surface area contributed by atoms with E-state index in [1.807, 2.05) is 6.92 Å². The molecule has 1 aromatic heterocycles. The number of nitrogens with one attached hydrogen (secondary N) is 2. The number of anilines is 2. The van der Waals surface area contributed by atoms with Gasteiger partial charge in [-0.2, -0.15) is 13.2 Å². The van der Waals surface area contributed by atoms with E-state index in [9.17, 15) is 22.4 Å². The molecule has 0 aliphatic heterocycles. The topological polar surface area (TPSA) is 54.0 Å². The van der Waals surface area contributed by atoms with Crippen LogP contribution in [0.3, 0.4) is 0 Å². The molecule has 0 saturated heterocycles. The molecular formula is C15H15F4N3OS. The van der Waals surface area contributed by atoms with Gasteiger partial charge in [0.2, 0.25) is 5.91 Å². The van der Waals surface area contributed by atoms with Crippen molar-refractivity contribution >= 4 is 28.1 Å². The molecule has 1 unspecified atom stereocenters. The maximum atomic E-state index is 13.3. The predicted octanol–water partition coefficient (Wildman–Crippen LogP) is 4.36. The van der Waals surface area contributed by atoms with E-state index in [0.29, 0.717) is 17.3 Å². The molecule has 0 bridgehead atoms. The first kappa shape index (κ1) is 18.2. The Morgan fingerprint density at radius 2 is 1.96 bits per heavy atom. The van der Waals surface area contributed by atoms with Crippen LogP contribution in [0.15, 0.2) is 18.2 Å². The zero-order valence-corrected chi connectivity index (χ0v) is 13.9. The molecule has 1 heterocycles. The summed E-state index contributed by atoms with van der Waals surface area (Å²) in [6.07, 6.45) is -4.80. The van der Waals surface area contributed by atoms with Crippen LogP contribution in [0.4, 0.5) is 28.4 Å². The van der Waals surface area contributed by atoms with E-state index in [4.69, 9.17) is 0 Å². The summed E-state index contributed by atoms with van der Waals surface area (Å²) in [6, 6.07) is 1.66. The van der Waals surface area contributed by atoms with Crippen LogP contribution in [0.5, 0.6) is 0 Å². The highest BCUT2D eigenvalue weighted by atomic mass is 32.1. The highest BCUT2D eigenvalue weighted by Crippen LogP contribution is 2.33. The summed E-state index contributed by atoms with van der Waals surface area (Å²) >= 11 is 1.30. The summed E-state index contributed by atoms with van der Waals surface area (Å²) in [6.45, 7) is 5.15. The lowest BCUT2D eigenvalue weighted by Crippen LogP contribution is -2.32. The van der Waals surface area contributed by atoms with Crippen molar-refractivity contribution in [1.29, 1.82) is 0 Å². The van der Waals surface area contributed by atoms with Gasteiger partial charge in [0, 0.05) is 10.6 Å². The molecule has 24 heavy (non-hydrogen) atoms. The molecule has 1 amide bonds. The summed E-state index contributed by atoms with van der Waals surface area (Å²) in [4.78, 5) is 17.2. The standard InChI is InChI=1S/C15H15F4N3OS/c1-7-9(3)24-14(21-7)22-13(23)8(2)20-10-4-5-12(16)11(6-10)15(17,18)19/h4-6,8,20H,1-3H3,(H,21,22,23). The van der Waals surface area contributed by atoms with Gasteiger partial charge in [-0.15, -0.1) is 11.3 Å². The molecule has 0 spiro atoms. The first-order valence-corrected chi connectivity index (χ1v) is 7.77. The minimum absolute atomic E-state index is 0.00197. The minimum atomic E-state index is -4.80. The second-order valence-electron chi connectivity index (χ2n) is 5.21. The lowest BCUT2D eigenvalue weighted by Gasteiger charge is -2.16. The first-order valence-electron chi connectivity index (χ1n) is 6.96. The number of alkyl halides is 3. The number of carbonyl (C=O) groups excluding carboxylic acids is 1. The van der Waals surface area contributed by atoms with Gasteiger partial charge < -0.3 is 10.6 Å². The molecule has 1 atom stereocenters. The van der Waals surface area contributed by atoms with Crippen LogP contribution in [0.1, 0.15) is 23.1 Å². The molecule has 0 aliphatic rings. The number of halogens is 4. The van der Waals surface area contributed by atoms with Crippen molar-refractivity contribution < 1.29 is 22.4 Å². The largest absolute Gasteiger partial charge is 0.419 e. The minimum Gasteiger partial charge on any atom is -0.374 e. The average Bonchev–Trinajstić information content (AvgIpc) is 2.78. The van der Waals surface area contributed by atoms with E-state index in [-0.39, 0.29) is 5.69 Å². The molecule has 0 fully saturated rings. The summed E-state index contributed by atoms with van der Waals surface area (Å²) < 4.78 is 51.4. The SMILES string of the molecule is Cc1nc(NC(=O)C(C)Nc2ccc(F)c(C(F)(F)F)c2)sc1C. The van der Waals surface area contributed by atoms with Gasteiger partial charge in [-0.3, -0.25) is 4.79 Å². The summed E-state index contributed by atoms with van der Waals surface area (Å²) in [5.74, 6) is -1.82. The summed E-state index contributed by atoms with van der Waals surface area (Å²) in [5.41, 5.74) is -0.589. The van der Waals surface area contributed by atoms with Gasteiger partial charge >= 0.3 is 6.18 Å². The third-order valence-corrected chi connectivity index (χ3v) is 4.30. The van der Waals surface area contributed by atoms with E-state index < -0.39 is 29.5 Å². The van der Waals surface area contributed by atoms with E-state index in [2.05, 4.69) is 15.6 Å². The number of benzene rings is 1. The van der Waals surface area contributed by atoms with Crippen LogP contribution in [0.2, 0.25) is 0 Å². The van der Waals surface area contributed by atoms with Gasteiger partial charge in [0.05, 0.1) is 11.3 Å². The van der Waals surface area contributed by atoms with Crippen molar-refractivity contribution in [3.05, 3.63) is 40.2 Å². The number of carbonyl (C=O) groups is 1. The van der Waals surface area contributed by atoms with Crippen molar-refractivity contribution in [2.24, 2.45) is 0 Å². The molecule has 2 N–H and O–H groups in total. The Hall–Kier alpha value is -2.16. The van der Waals surface area contributed by atoms with Gasteiger partial charge in [-0.25, -0.2) is 9.37 Å². The highest BCUT2D eigenvalue weighted by molar-refractivity contribution is 7.15. The normalized spacial score (nSPS) is 12.8. The molecule has 0 saturated carbocycles. The van der Waals surface area contributed by atoms with E-state index in [1.165, 1.54) is 18.3 Å². The molecule has 4 nitrogen and oxygen atoms in total. The lowest BCUT2D eigenvalue weighted by atomic mass is 10.1. The average molecular weight is 361 g/mol. The van der Waals surface area contributed by atoms with Crippen LogP contribution in [0, 0.1) is 19.7 Å². The van der Waals surface area contributed by atoms with E-state index >= 15 is 0 Å². The van der Waals surface area contributed by atoms with Gasteiger partial charge in [0.15, 0.2) is 5.13 Å². The Labute approximate surface area is 139 Å². The number of thiazole rings is 1. The van der Waals surface area contributed by atoms with Crippen LogP contribution in [-0.4, -0.2) is 16.9 Å². The fourth-order valence-corrected chi connectivity index (χ4v) is 2.71. The van der Waals surface area contributed by atoms with Crippen LogP contribution >= 0.6 is 11.3 Å². The second-order valence-corrected chi connectivity index (χ2v) is 6.41. The third kappa shape index (κ3) is 4.22. The number of amides is 1. The fraction of sp³-hybridized carbons (Fsp3) is 0.333. The molecule has 1 aromatic carbocycles. The fourth-order valence-electron chi connectivity index (χ4n) is 1.89. The smallest absolute Gasteiger partial charge is 0.374 e. The molecular weight excluding hydrogens is 346 g/mol. The Balaban J connectivity index is 2.08. The number of aryl methyl sites for hydroxylation is 2. The van der Waals surface area contributed by atoms with Gasteiger partial charge in [0.1, 0.15) is 11.9 Å². The van der Waals surface area contributed by atoms with Crippen LogP contribution in [0.25, 0.3) is 0 Å². The Morgan fingerprint density at radius 1 is 1.29 bits per heavy atom. The Kier molecular flexibility index (Phi) is 5.12. The van der Waals surface area contributed by atoms with E-state index in [1.54, 1.807) is 6.92 Å². The predicted molar refractivity (Wildman–Crippen MR) is 84.7 cm³/mol. The number of hydrogen-bond acceptors (Lipinski definition) is 4. The van der Waals surface area contributed by atoms with Crippen molar-refractivity contribution in [1.82, 2.24) is 4.98 Å². The van der Waals surface area contributed by atoms with Crippen molar-refractivity contribution in [2.45, 2.75) is 33.0 Å². The summed E-state index contributed by atoms with van der Waals surface area (Å²) in [7, 11) is 0. The molecule has 2 aromatic rings. The number of hydrogen-bond donors (Lipinski definition) is 2. The van der Waals surface area contributed by atoms with Crippen molar-refractivity contribution in [3.8, 4) is 0 Å². The van der Waals surface area contributed by atoms with Crippen LogP contribution < -0.4 is 10.6 Å². The maximum Gasteiger partial charge on any atom is 0.419 e. The zero-order chi connectivity index (χ0) is 18.1. The number of rotatable bonds is 4. The highest BCUT2D eigenvalue weighted by Gasteiger charge is 2.34. The number of aromatic nitrogens is 1. The molecule has 9 heteroatoms. The molecule has 130 valence electrons.